The fraction of sp³-hybridized carbons (Fsp3) is 0. The highest BCUT2D eigenvalue weighted by Crippen LogP contribution is 2.29. The Bertz CT molecular complexity index is 774. The lowest BCUT2D eigenvalue weighted by Crippen LogP contribution is -2.06. The molecule has 0 radical (unpaired) electrons. The molecule has 0 bridgehead atoms. The summed E-state index contributed by atoms with van der Waals surface area (Å²) in [5, 5.41) is 25.4. The summed E-state index contributed by atoms with van der Waals surface area (Å²) in [7, 11) is 0. The van der Waals surface area contributed by atoms with Gasteiger partial charge in [0.1, 0.15) is 0 Å². The molecule has 3 aromatic rings. The van der Waals surface area contributed by atoms with Gasteiger partial charge in [0, 0.05) is 21.1 Å². The molecule has 112 valence electrons. The van der Waals surface area contributed by atoms with E-state index < -0.39 is 0 Å². The van der Waals surface area contributed by atoms with E-state index in [1.807, 2.05) is 29.6 Å². The first-order chi connectivity index (χ1) is 10.6. The first-order valence-corrected chi connectivity index (χ1v) is 8.04. The van der Waals surface area contributed by atoms with Gasteiger partial charge in [-0.2, -0.15) is 0 Å². The SMILES string of the molecule is [O-]N(O)c1cccc(Nc2nc(-c3ccc(Br)cc3)cs2)c1. The second-order valence-electron chi connectivity index (χ2n) is 4.49. The minimum Gasteiger partial charge on any atom is -0.733 e. The zero-order valence-electron chi connectivity index (χ0n) is 11.2. The van der Waals surface area contributed by atoms with Gasteiger partial charge in [-0.15, -0.1) is 11.3 Å². The van der Waals surface area contributed by atoms with Gasteiger partial charge in [0.2, 0.25) is 0 Å². The number of benzene rings is 2. The summed E-state index contributed by atoms with van der Waals surface area (Å²) >= 11 is 4.88. The van der Waals surface area contributed by atoms with Crippen molar-refractivity contribution in [3.05, 3.63) is 63.6 Å². The Kier molecular flexibility index (Phi) is 4.39. The Hall–Kier alpha value is -1.93. The van der Waals surface area contributed by atoms with E-state index in [1.165, 1.54) is 17.4 Å². The van der Waals surface area contributed by atoms with Gasteiger partial charge >= 0.3 is 0 Å². The van der Waals surface area contributed by atoms with Gasteiger partial charge in [0.05, 0.1) is 11.4 Å². The summed E-state index contributed by atoms with van der Waals surface area (Å²) in [5.74, 6) is 0. The molecule has 5 nitrogen and oxygen atoms in total. The summed E-state index contributed by atoms with van der Waals surface area (Å²) in [5.41, 5.74) is 2.75. The number of nitrogens with one attached hydrogen (secondary N) is 1. The molecule has 3 rings (SSSR count). The number of rotatable bonds is 4. The lowest BCUT2D eigenvalue weighted by Gasteiger charge is -2.21. The Balaban J connectivity index is 1.79. The summed E-state index contributed by atoms with van der Waals surface area (Å²) in [6.45, 7) is 0. The summed E-state index contributed by atoms with van der Waals surface area (Å²) < 4.78 is 1.02. The Morgan fingerprint density at radius 3 is 2.68 bits per heavy atom. The Morgan fingerprint density at radius 2 is 1.95 bits per heavy atom. The van der Waals surface area contributed by atoms with Crippen LogP contribution in [0.3, 0.4) is 0 Å². The van der Waals surface area contributed by atoms with E-state index in [2.05, 4.69) is 26.2 Å². The fourth-order valence-corrected chi connectivity index (χ4v) is 2.91. The molecule has 22 heavy (non-hydrogen) atoms. The molecular formula is C15H11BrN3O2S-. The molecule has 0 spiro atoms. The van der Waals surface area contributed by atoms with Crippen LogP contribution in [0, 0.1) is 5.21 Å². The highest BCUT2D eigenvalue weighted by Gasteiger charge is 2.05. The van der Waals surface area contributed by atoms with Crippen molar-refractivity contribution >= 4 is 43.8 Å². The Labute approximate surface area is 139 Å². The van der Waals surface area contributed by atoms with Gasteiger partial charge in [-0.25, -0.2) is 4.98 Å². The molecule has 0 saturated heterocycles. The van der Waals surface area contributed by atoms with Crippen LogP contribution in [0.15, 0.2) is 58.4 Å². The molecule has 0 aliphatic carbocycles. The third-order valence-corrected chi connectivity index (χ3v) is 4.25. The minimum atomic E-state index is -0.166. The quantitative estimate of drug-likeness (QED) is 0.626. The molecule has 7 heteroatoms. The molecule has 0 unspecified atom stereocenters. The molecule has 2 N–H and O–H groups in total. The summed E-state index contributed by atoms with van der Waals surface area (Å²) in [6.07, 6.45) is 0. The van der Waals surface area contributed by atoms with Crippen LogP contribution in [-0.2, 0) is 0 Å². The lowest BCUT2D eigenvalue weighted by molar-refractivity contribution is 0.296. The molecule has 0 fully saturated rings. The molecule has 2 aromatic carbocycles. The van der Waals surface area contributed by atoms with Crippen molar-refractivity contribution in [2.45, 2.75) is 0 Å². The normalized spacial score (nSPS) is 10.5. The largest absolute Gasteiger partial charge is 0.733 e. The topological polar surface area (TPSA) is 71.5 Å². The minimum absolute atomic E-state index is 0.162. The maximum Gasteiger partial charge on any atom is 0.187 e. The van der Waals surface area contributed by atoms with Crippen LogP contribution in [0.2, 0.25) is 0 Å². The van der Waals surface area contributed by atoms with Crippen molar-refractivity contribution < 1.29 is 5.21 Å². The van der Waals surface area contributed by atoms with Gasteiger partial charge < -0.3 is 15.8 Å². The molecule has 1 heterocycles. The van der Waals surface area contributed by atoms with E-state index in [-0.39, 0.29) is 10.9 Å². The monoisotopic (exact) mass is 376 g/mol. The molecule has 0 aliphatic heterocycles. The van der Waals surface area contributed by atoms with Gasteiger partial charge in [-0.05, 0) is 30.3 Å². The number of hydrogen-bond acceptors (Lipinski definition) is 6. The highest BCUT2D eigenvalue weighted by atomic mass is 79.9. The number of aromatic nitrogens is 1. The smallest absolute Gasteiger partial charge is 0.187 e. The Morgan fingerprint density at radius 1 is 1.18 bits per heavy atom. The molecule has 0 atom stereocenters. The van der Waals surface area contributed by atoms with Crippen molar-refractivity contribution in [1.82, 2.24) is 4.98 Å². The number of nitrogens with zero attached hydrogens (tertiary/aromatic N) is 2. The van der Waals surface area contributed by atoms with Crippen LogP contribution in [0.1, 0.15) is 0 Å². The average Bonchev–Trinajstić information content (AvgIpc) is 2.96. The maximum absolute atomic E-state index is 10.9. The zero-order chi connectivity index (χ0) is 15.5. The van der Waals surface area contributed by atoms with Crippen LogP contribution in [-0.4, -0.2) is 10.2 Å². The first-order valence-electron chi connectivity index (χ1n) is 6.36. The van der Waals surface area contributed by atoms with E-state index in [1.54, 1.807) is 18.2 Å². The van der Waals surface area contributed by atoms with Crippen molar-refractivity contribution in [2.24, 2.45) is 0 Å². The van der Waals surface area contributed by atoms with Crippen LogP contribution in [0.5, 0.6) is 0 Å². The molecule has 1 aromatic heterocycles. The summed E-state index contributed by atoms with van der Waals surface area (Å²) in [4.78, 5) is 4.52. The van der Waals surface area contributed by atoms with Crippen LogP contribution >= 0.6 is 27.3 Å². The second kappa shape index (κ2) is 6.45. The number of halogens is 1. The van der Waals surface area contributed by atoms with E-state index in [0.29, 0.717) is 10.8 Å². The second-order valence-corrected chi connectivity index (χ2v) is 6.27. The van der Waals surface area contributed by atoms with E-state index in [4.69, 9.17) is 5.21 Å². The molecule has 0 amide bonds. The standard InChI is InChI=1S/C15H11BrN3O2S/c16-11-6-4-10(5-7-11)14-9-22-15(18-14)17-12-2-1-3-13(8-12)19(20)21/h1-9,20H,(H,17,18)/q-1. The van der Waals surface area contributed by atoms with Crippen molar-refractivity contribution in [3.63, 3.8) is 0 Å². The van der Waals surface area contributed by atoms with Gasteiger partial charge in [0.25, 0.3) is 0 Å². The van der Waals surface area contributed by atoms with Crippen LogP contribution in [0.25, 0.3) is 11.3 Å². The number of thiazole rings is 1. The van der Waals surface area contributed by atoms with Crippen molar-refractivity contribution in [2.75, 3.05) is 10.5 Å². The first kappa shape index (κ1) is 15.0. The van der Waals surface area contributed by atoms with Crippen molar-refractivity contribution in [3.8, 4) is 11.3 Å². The highest BCUT2D eigenvalue weighted by molar-refractivity contribution is 9.10. The fourth-order valence-electron chi connectivity index (χ4n) is 1.91. The van der Waals surface area contributed by atoms with Gasteiger partial charge in [-0.3, -0.25) is 5.21 Å². The predicted molar refractivity (Wildman–Crippen MR) is 92.6 cm³/mol. The number of anilines is 3. The zero-order valence-corrected chi connectivity index (χ0v) is 13.6. The predicted octanol–water partition coefficient (Wildman–Crippen LogP) is 5.01. The third kappa shape index (κ3) is 3.45. The lowest BCUT2D eigenvalue weighted by atomic mass is 10.2. The van der Waals surface area contributed by atoms with Gasteiger partial charge in [0.15, 0.2) is 5.13 Å². The molecular weight excluding hydrogens is 366 g/mol. The van der Waals surface area contributed by atoms with E-state index >= 15 is 0 Å². The number of hydrogen-bond donors (Lipinski definition) is 2. The van der Waals surface area contributed by atoms with E-state index in [0.717, 1.165) is 15.7 Å². The average molecular weight is 377 g/mol. The van der Waals surface area contributed by atoms with Crippen molar-refractivity contribution in [1.29, 1.82) is 0 Å². The molecule has 0 saturated carbocycles. The van der Waals surface area contributed by atoms with Crippen LogP contribution < -0.4 is 10.5 Å². The van der Waals surface area contributed by atoms with E-state index in [9.17, 15) is 5.21 Å². The van der Waals surface area contributed by atoms with Gasteiger partial charge in [-0.1, -0.05) is 34.1 Å². The maximum atomic E-state index is 10.9. The third-order valence-electron chi connectivity index (χ3n) is 2.96. The molecule has 0 aliphatic rings. The van der Waals surface area contributed by atoms with Crippen LogP contribution in [0.4, 0.5) is 16.5 Å². The summed E-state index contributed by atoms with van der Waals surface area (Å²) in [6, 6.07) is 14.5.